The number of carboxylic acid groups (broad SMARTS) is 1. The summed E-state index contributed by atoms with van der Waals surface area (Å²) < 4.78 is 0. The first kappa shape index (κ1) is 30.1. The number of hydrogen-bond acceptors (Lipinski definition) is 7. The number of nitrogens with two attached hydrogens (primary N) is 2. The molecule has 8 N–H and O–H groups in total. The molecule has 0 radical (unpaired) electrons. The minimum atomic E-state index is -1.21. The van der Waals surface area contributed by atoms with Crippen LogP contribution in [0.15, 0.2) is 54.6 Å². The Kier molecular flexibility index (Phi) is 10.6. The van der Waals surface area contributed by atoms with Crippen molar-refractivity contribution in [3.05, 3.63) is 65.7 Å². The summed E-state index contributed by atoms with van der Waals surface area (Å²) in [6.07, 6.45) is 0.729. The summed E-state index contributed by atoms with van der Waals surface area (Å²) in [5.74, 6) is -3.64. The van der Waals surface area contributed by atoms with Gasteiger partial charge in [0.25, 0.3) is 0 Å². The Bertz CT molecular complexity index is 1210. The molecule has 40 heavy (non-hydrogen) atoms. The molecule has 0 bridgehead atoms. The van der Waals surface area contributed by atoms with E-state index in [2.05, 4.69) is 10.6 Å². The molecule has 0 spiro atoms. The molecule has 0 aliphatic carbocycles. The predicted molar refractivity (Wildman–Crippen MR) is 145 cm³/mol. The second kappa shape index (κ2) is 14.1. The first-order valence-corrected chi connectivity index (χ1v) is 13.0. The van der Waals surface area contributed by atoms with Crippen molar-refractivity contribution >= 4 is 29.6 Å². The van der Waals surface area contributed by atoms with Gasteiger partial charge in [0.1, 0.15) is 23.9 Å². The lowest BCUT2D eigenvalue weighted by atomic mass is 10.0. The molecule has 4 atom stereocenters. The monoisotopic (exact) mass is 553 g/mol. The lowest BCUT2D eigenvalue weighted by Gasteiger charge is -2.30. The van der Waals surface area contributed by atoms with E-state index in [1.54, 1.807) is 42.5 Å². The Hall–Kier alpha value is -4.45. The van der Waals surface area contributed by atoms with Crippen molar-refractivity contribution in [3.63, 3.8) is 0 Å². The van der Waals surface area contributed by atoms with Crippen molar-refractivity contribution in [2.45, 2.75) is 62.7 Å². The second-order valence-electron chi connectivity index (χ2n) is 9.82. The van der Waals surface area contributed by atoms with Crippen LogP contribution >= 0.6 is 0 Å². The van der Waals surface area contributed by atoms with Crippen LogP contribution in [0.25, 0.3) is 0 Å². The van der Waals surface area contributed by atoms with Crippen LogP contribution in [0.1, 0.15) is 36.8 Å². The van der Waals surface area contributed by atoms with E-state index in [9.17, 15) is 34.2 Å². The van der Waals surface area contributed by atoms with E-state index in [0.717, 1.165) is 5.56 Å². The number of phenolic OH excluding ortho intramolecular Hbond substituents is 1. The summed E-state index contributed by atoms with van der Waals surface area (Å²) in [6, 6.07) is 10.7. The van der Waals surface area contributed by atoms with Crippen molar-refractivity contribution in [1.82, 2.24) is 15.5 Å². The van der Waals surface area contributed by atoms with E-state index >= 15 is 0 Å². The standard InChI is InChI=1S/C28H35N5O7/c29-20(15-18-8-10-19(34)11-9-18)25(36)31-21(12-13-24(30)35)27(38)33-14-4-7-23(33)26(37)32-22(28(39)40)16-17-5-2-1-3-6-17/h1-3,5-6,8-11,20-23,34H,4,7,12-16,29H2,(H2,30,35)(H,31,36)(H,32,37)(H,39,40). The van der Waals surface area contributed by atoms with E-state index in [1.807, 2.05) is 0 Å². The van der Waals surface area contributed by atoms with Crippen molar-refractivity contribution in [3.8, 4) is 5.75 Å². The van der Waals surface area contributed by atoms with Crippen LogP contribution in [0.5, 0.6) is 5.75 Å². The van der Waals surface area contributed by atoms with Gasteiger partial charge in [-0.15, -0.1) is 0 Å². The summed E-state index contributed by atoms with van der Waals surface area (Å²) >= 11 is 0. The molecular weight excluding hydrogens is 518 g/mol. The number of carboxylic acids is 1. The molecule has 1 heterocycles. The van der Waals surface area contributed by atoms with Gasteiger partial charge in [-0.3, -0.25) is 19.2 Å². The molecule has 1 saturated heterocycles. The molecule has 2 aromatic carbocycles. The molecule has 0 aromatic heterocycles. The number of likely N-dealkylation sites (tertiary alicyclic amines) is 1. The number of carbonyl (C=O) groups excluding carboxylic acids is 4. The zero-order chi connectivity index (χ0) is 29.2. The van der Waals surface area contributed by atoms with Crippen LogP contribution in [0.4, 0.5) is 0 Å². The number of aromatic hydroxyl groups is 1. The van der Waals surface area contributed by atoms with Gasteiger partial charge < -0.3 is 37.2 Å². The zero-order valence-corrected chi connectivity index (χ0v) is 22.0. The predicted octanol–water partition coefficient (Wildman–Crippen LogP) is -0.185. The molecule has 1 fully saturated rings. The number of nitrogens with zero attached hydrogens (tertiary/aromatic N) is 1. The average Bonchev–Trinajstić information content (AvgIpc) is 3.42. The molecule has 1 aliphatic rings. The minimum absolute atomic E-state index is 0.0674. The number of primary amides is 1. The molecule has 2 aromatic rings. The SMILES string of the molecule is NC(=O)CCC(NC(=O)C(N)Cc1ccc(O)cc1)C(=O)N1CCCC1C(=O)NC(Cc1ccccc1)C(=O)O. The molecule has 12 nitrogen and oxygen atoms in total. The largest absolute Gasteiger partial charge is 0.508 e. The van der Waals surface area contributed by atoms with E-state index in [4.69, 9.17) is 11.5 Å². The third kappa shape index (κ3) is 8.53. The van der Waals surface area contributed by atoms with Gasteiger partial charge in [0, 0.05) is 19.4 Å². The summed E-state index contributed by atoms with van der Waals surface area (Å²) in [6.45, 7) is 0.218. The highest BCUT2D eigenvalue weighted by Crippen LogP contribution is 2.20. The first-order chi connectivity index (χ1) is 19.0. The lowest BCUT2D eigenvalue weighted by molar-refractivity contribution is -0.145. The topological polar surface area (TPSA) is 205 Å². The van der Waals surface area contributed by atoms with Crippen LogP contribution in [-0.2, 0) is 36.8 Å². The number of phenols is 1. The summed E-state index contributed by atoms with van der Waals surface area (Å²) in [7, 11) is 0. The quantitative estimate of drug-likeness (QED) is 0.196. The van der Waals surface area contributed by atoms with Crippen molar-refractivity contribution in [1.29, 1.82) is 0 Å². The molecule has 0 saturated carbocycles. The molecule has 4 amide bonds. The third-order valence-corrected chi connectivity index (χ3v) is 6.76. The number of aliphatic carboxylic acids is 1. The maximum Gasteiger partial charge on any atom is 0.326 e. The van der Waals surface area contributed by atoms with Crippen molar-refractivity contribution in [2.24, 2.45) is 11.5 Å². The van der Waals surface area contributed by atoms with Crippen LogP contribution in [-0.4, -0.2) is 75.4 Å². The van der Waals surface area contributed by atoms with Crippen LogP contribution in [0.2, 0.25) is 0 Å². The van der Waals surface area contributed by atoms with Gasteiger partial charge in [0.05, 0.1) is 6.04 Å². The van der Waals surface area contributed by atoms with Crippen LogP contribution in [0.3, 0.4) is 0 Å². The Morgan fingerprint density at radius 2 is 1.57 bits per heavy atom. The van der Waals surface area contributed by atoms with Gasteiger partial charge in [-0.05, 0) is 48.9 Å². The molecule has 3 rings (SSSR count). The zero-order valence-electron chi connectivity index (χ0n) is 22.0. The Labute approximate surface area is 231 Å². The number of amides is 4. The van der Waals surface area contributed by atoms with Gasteiger partial charge in [-0.1, -0.05) is 42.5 Å². The molecule has 1 aliphatic heterocycles. The van der Waals surface area contributed by atoms with Gasteiger partial charge in [0.2, 0.25) is 23.6 Å². The smallest absolute Gasteiger partial charge is 0.326 e. The average molecular weight is 554 g/mol. The van der Waals surface area contributed by atoms with Gasteiger partial charge in [-0.2, -0.15) is 0 Å². The van der Waals surface area contributed by atoms with E-state index in [1.165, 1.54) is 17.0 Å². The summed E-state index contributed by atoms with van der Waals surface area (Å²) in [4.78, 5) is 64.2. The Morgan fingerprint density at radius 1 is 0.925 bits per heavy atom. The van der Waals surface area contributed by atoms with Crippen molar-refractivity contribution < 1.29 is 34.2 Å². The summed E-state index contributed by atoms with van der Waals surface area (Å²) in [5.41, 5.74) is 12.8. The van der Waals surface area contributed by atoms with E-state index < -0.39 is 53.8 Å². The number of carbonyl (C=O) groups is 5. The number of nitrogens with one attached hydrogen (secondary N) is 2. The summed E-state index contributed by atoms with van der Waals surface area (Å²) in [5, 5.41) is 24.2. The first-order valence-electron chi connectivity index (χ1n) is 13.0. The maximum atomic E-state index is 13.5. The van der Waals surface area contributed by atoms with Gasteiger partial charge in [0.15, 0.2) is 0 Å². The van der Waals surface area contributed by atoms with Gasteiger partial charge >= 0.3 is 5.97 Å². The molecule has 12 heteroatoms. The van der Waals surface area contributed by atoms with E-state index in [0.29, 0.717) is 18.4 Å². The number of hydrogen-bond donors (Lipinski definition) is 6. The minimum Gasteiger partial charge on any atom is -0.508 e. The highest BCUT2D eigenvalue weighted by atomic mass is 16.4. The molecule has 4 unspecified atom stereocenters. The van der Waals surface area contributed by atoms with E-state index in [-0.39, 0.29) is 38.0 Å². The number of benzene rings is 2. The molecular formula is C28H35N5O7. The van der Waals surface area contributed by atoms with Crippen LogP contribution < -0.4 is 22.1 Å². The fourth-order valence-corrected chi connectivity index (χ4v) is 4.62. The maximum absolute atomic E-state index is 13.5. The Balaban J connectivity index is 1.69. The lowest BCUT2D eigenvalue weighted by Crippen LogP contribution is -2.57. The highest BCUT2D eigenvalue weighted by Gasteiger charge is 2.39. The fourth-order valence-electron chi connectivity index (χ4n) is 4.62. The molecule has 214 valence electrons. The second-order valence-corrected chi connectivity index (χ2v) is 9.82. The normalized spacial score (nSPS) is 16.9. The highest BCUT2D eigenvalue weighted by molar-refractivity contribution is 5.94. The fraction of sp³-hybridized carbons (Fsp3) is 0.393. The van der Waals surface area contributed by atoms with Gasteiger partial charge in [-0.25, -0.2) is 4.79 Å². The van der Waals surface area contributed by atoms with Crippen LogP contribution in [0, 0.1) is 0 Å². The number of rotatable bonds is 13. The third-order valence-electron chi connectivity index (χ3n) is 6.76. The van der Waals surface area contributed by atoms with Crippen molar-refractivity contribution in [2.75, 3.05) is 6.54 Å². The Morgan fingerprint density at radius 3 is 2.20 bits per heavy atom.